The van der Waals surface area contributed by atoms with Gasteiger partial charge < -0.3 is 5.32 Å². The third-order valence-corrected chi connectivity index (χ3v) is 5.00. The summed E-state index contributed by atoms with van der Waals surface area (Å²) in [5, 5.41) is 2.95. The fourth-order valence-electron chi connectivity index (χ4n) is 1.88. The molecule has 3 N–H and O–H groups in total. The van der Waals surface area contributed by atoms with Gasteiger partial charge in [0, 0.05) is 15.9 Å². The highest BCUT2D eigenvalue weighted by Gasteiger charge is 2.16. The summed E-state index contributed by atoms with van der Waals surface area (Å²) in [6.45, 7) is 5.01. The van der Waals surface area contributed by atoms with Crippen LogP contribution in [0, 0.1) is 13.8 Å². The van der Waals surface area contributed by atoms with Gasteiger partial charge in [-0.15, -0.1) is 11.8 Å². The minimum Gasteiger partial charge on any atom is -0.339 e. The smallest absolute Gasteiger partial charge is 0.231 e. The molecule has 4 nitrogen and oxygen atoms in total. The topological polar surface area (TPSA) is 53.2 Å². The standard InChI is InChI=1S/C13H18BrN3OS/c1-8-6-11(9(2)5-10(8)14)19-7-13(18)16-12-3-4-15-17-12/h5-6,12,15,17H,3-4,7H2,1-2H3,(H,16,18). The van der Waals surface area contributed by atoms with Crippen LogP contribution in [0.3, 0.4) is 0 Å². The normalized spacial score (nSPS) is 18.6. The Morgan fingerprint density at radius 1 is 1.47 bits per heavy atom. The maximum Gasteiger partial charge on any atom is 0.231 e. The average molecular weight is 344 g/mol. The van der Waals surface area contributed by atoms with Gasteiger partial charge in [-0.1, -0.05) is 15.9 Å². The van der Waals surface area contributed by atoms with Crippen LogP contribution in [-0.2, 0) is 4.79 Å². The van der Waals surface area contributed by atoms with Crippen LogP contribution in [0.25, 0.3) is 0 Å². The number of rotatable bonds is 4. The lowest BCUT2D eigenvalue weighted by atomic mass is 10.2. The molecule has 1 aromatic rings. The second-order valence-electron chi connectivity index (χ2n) is 4.64. The van der Waals surface area contributed by atoms with Crippen LogP contribution in [0.1, 0.15) is 17.5 Å². The molecule has 1 heterocycles. The minimum atomic E-state index is 0.0563. The lowest BCUT2D eigenvalue weighted by molar-refractivity contribution is -0.119. The van der Waals surface area contributed by atoms with E-state index in [1.807, 2.05) is 0 Å². The monoisotopic (exact) mass is 343 g/mol. The Bertz CT molecular complexity index is 475. The van der Waals surface area contributed by atoms with Crippen LogP contribution in [0.5, 0.6) is 0 Å². The summed E-state index contributed by atoms with van der Waals surface area (Å²) < 4.78 is 1.11. The summed E-state index contributed by atoms with van der Waals surface area (Å²) in [6, 6.07) is 4.21. The summed E-state index contributed by atoms with van der Waals surface area (Å²) in [6.07, 6.45) is 0.980. The Morgan fingerprint density at radius 3 is 2.95 bits per heavy atom. The highest BCUT2D eigenvalue weighted by molar-refractivity contribution is 9.10. The molecule has 0 aliphatic carbocycles. The van der Waals surface area contributed by atoms with E-state index in [0.717, 1.165) is 22.3 Å². The molecule has 1 aliphatic heterocycles. The van der Waals surface area contributed by atoms with Gasteiger partial charge in [0.1, 0.15) is 0 Å². The molecule has 1 aliphatic rings. The van der Waals surface area contributed by atoms with Crippen molar-refractivity contribution in [3.8, 4) is 0 Å². The summed E-state index contributed by atoms with van der Waals surface area (Å²) in [5.41, 5.74) is 8.39. The quantitative estimate of drug-likeness (QED) is 0.733. The number of halogens is 1. The number of carbonyl (C=O) groups is 1. The van der Waals surface area contributed by atoms with E-state index in [4.69, 9.17) is 0 Å². The lowest BCUT2D eigenvalue weighted by Gasteiger charge is -2.12. The molecule has 104 valence electrons. The Kier molecular flexibility index (Phi) is 5.27. The largest absolute Gasteiger partial charge is 0.339 e. The number of aryl methyl sites for hydroxylation is 2. The first-order valence-electron chi connectivity index (χ1n) is 6.23. The van der Waals surface area contributed by atoms with Crippen molar-refractivity contribution in [2.24, 2.45) is 0 Å². The molecular formula is C13H18BrN3OS. The van der Waals surface area contributed by atoms with Crippen LogP contribution in [0.2, 0.25) is 0 Å². The van der Waals surface area contributed by atoms with Gasteiger partial charge in [-0.05, 0) is 43.5 Å². The van der Waals surface area contributed by atoms with E-state index in [2.05, 4.69) is 58.1 Å². The summed E-state index contributed by atoms with van der Waals surface area (Å²) in [5.74, 6) is 0.506. The summed E-state index contributed by atoms with van der Waals surface area (Å²) >= 11 is 5.10. The van der Waals surface area contributed by atoms with Crippen LogP contribution in [-0.4, -0.2) is 24.4 Å². The summed E-state index contributed by atoms with van der Waals surface area (Å²) in [7, 11) is 0. The summed E-state index contributed by atoms with van der Waals surface area (Å²) in [4.78, 5) is 13.0. The maximum atomic E-state index is 11.8. The van der Waals surface area contributed by atoms with Crippen LogP contribution >= 0.6 is 27.7 Å². The fraction of sp³-hybridized carbons (Fsp3) is 0.462. The number of amides is 1. The second kappa shape index (κ2) is 6.74. The molecule has 0 saturated carbocycles. The van der Waals surface area contributed by atoms with Gasteiger partial charge >= 0.3 is 0 Å². The Hall–Kier alpha value is -0.560. The van der Waals surface area contributed by atoms with E-state index in [1.54, 1.807) is 11.8 Å². The van der Waals surface area contributed by atoms with E-state index < -0.39 is 0 Å². The van der Waals surface area contributed by atoms with Crippen molar-refractivity contribution >= 4 is 33.6 Å². The van der Waals surface area contributed by atoms with Crippen molar-refractivity contribution in [1.82, 2.24) is 16.2 Å². The number of thioether (sulfide) groups is 1. The molecule has 6 heteroatoms. The fourth-order valence-corrected chi connectivity index (χ4v) is 3.26. The second-order valence-corrected chi connectivity index (χ2v) is 6.51. The number of carbonyl (C=O) groups excluding carboxylic acids is 1. The molecule has 19 heavy (non-hydrogen) atoms. The molecule has 1 unspecified atom stereocenters. The van der Waals surface area contributed by atoms with Crippen molar-refractivity contribution in [2.45, 2.75) is 31.3 Å². The molecule has 1 aromatic carbocycles. The van der Waals surface area contributed by atoms with Gasteiger partial charge in [0.2, 0.25) is 5.91 Å². The zero-order chi connectivity index (χ0) is 13.8. The number of nitrogens with one attached hydrogen (secondary N) is 3. The van der Waals surface area contributed by atoms with E-state index in [9.17, 15) is 4.79 Å². The van der Waals surface area contributed by atoms with Gasteiger partial charge in [-0.25, -0.2) is 5.43 Å². The average Bonchev–Trinajstić information content (AvgIpc) is 2.85. The highest BCUT2D eigenvalue weighted by atomic mass is 79.9. The van der Waals surface area contributed by atoms with E-state index in [-0.39, 0.29) is 12.1 Å². The first-order chi connectivity index (χ1) is 9.06. The predicted octanol–water partition coefficient (Wildman–Crippen LogP) is 2.10. The molecule has 0 bridgehead atoms. The van der Waals surface area contributed by atoms with Crippen molar-refractivity contribution in [3.63, 3.8) is 0 Å². The lowest BCUT2D eigenvalue weighted by Crippen LogP contribution is -2.44. The van der Waals surface area contributed by atoms with Crippen molar-refractivity contribution in [2.75, 3.05) is 12.3 Å². The van der Waals surface area contributed by atoms with Gasteiger partial charge in [0.05, 0.1) is 11.9 Å². The maximum absolute atomic E-state index is 11.8. The van der Waals surface area contributed by atoms with Crippen LogP contribution < -0.4 is 16.2 Å². The molecular weight excluding hydrogens is 326 g/mol. The van der Waals surface area contributed by atoms with E-state index in [1.165, 1.54) is 11.1 Å². The molecule has 1 amide bonds. The molecule has 1 atom stereocenters. The number of hydrazine groups is 1. The van der Waals surface area contributed by atoms with E-state index in [0.29, 0.717) is 5.75 Å². The Morgan fingerprint density at radius 2 is 2.26 bits per heavy atom. The SMILES string of the molecule is Cc1cc(SCC(=O)NC2CCNN2)c(C)cc1Br. The van der Waals surface area contributed by atoms with Gasteiger partial charge in [0.25, 0.3) is 0 Å². The van der Waals surface area contributed by atoms with Gasteiger partial charge in [0.15, 0.2) is 0 Å². The third-order valence-electron chi connectivity index (χ3n) is 2.98. The zero-order valence-corrected chi connectivity index (χ0v) is 13.5. The molecule has 0 aromatic heterocycles. The Balaban J connectivity index is 1.87. The van der Waals surface area contributed by atoms with E-state index >= 15 is 0 Å². The van der Waals surface area contributed by atoms with Gasteiger partial charge in [-0.3, -0.25) is 10.2 Å². The van der Waals surface area contributed by atoms with Crippen molar-refractivity contribution in [3.05, 3.63) is 27.7 Å². The van der Waals surface area contributed by atoms with Crippen LogP contribution in [0.15, 0.2) is 21.5 Å². The first-order valence-corrected chi connectivity index (χ1v) is 8.01. The molecule has 2 rings (SSSR count). The molecule has 0 spiro atoms. The van der Waals surface area contributed by atoms with Crippen molar-refractivity contribution in [1.29, 1.82) is 0 Å². The van der Waals surface area contributed by atoms with Crippen molar-refractivity contribution < 1.29 is 4.79 Å². The molecule has 0 radical (unpaired) electrons. The number of hydrogen-bond acceptors (Lipinski definition) is 4. The Labute approximate surface area is 126 Å². The molecule has 1 fully saturated rings. The predicted molar refractivity (Wildman–Crippen MR) is 82.0 cm³/mol. The first kappa shape index (κ1) is 14.8. The van der Waals surface area contributed by atoms with Gasteiger partial charge in [-0.2, -0.15) is 0 Å². The number of benzene rings is 1. The zero-order valence-electron chi connectivity index (χ0n) is 11.0. The third kappa shape index (κ3) is 4.21. The minimum absolute atomic E-state index is 0.0563. The number of hydrogen-bond donors (Lipinski definition) is 3. The highest BCUT2D eigenvalue weighted by Crippen LogP contribution is 2.28. The molecule has 1 saturated heterocycles. The van der Waals surface area contributed by atoms with Crippen LogP contribution in [0.4, 0.5) is 0 Å².